The quantitative estimate of drug-likeness (QED) is 0.891. The van der Waals surface area contributed by atoms with Crippen molar-refractivity contribution in [1.82, 2.24) is 4.57 Å². The highest BCUT2D eigenvalue weighted by atomic mass is 19.1. The van der Waals surface area contributed by atoms with Crippen molar-refractivity contribution in [3.8, 4) is 0 Å². The zero-order valence-electron chi connectivity index (χ0n) is 11.0. The van der Waals surface area contributed by atoms with Crippen molar-refractivity contribution in [2.75, 3.05) is 0 Å². The summed E-state index contributed by atoms with van der Waals surface area (Å²) >= 11 is 0. The Kier molecular flexibility index (Phi) is 3.57. The first-order chi connectivity index (χ1) is 8.90. The standard InChI is InChI=1S/C14H17FN2O2/c1-8-5-9-6-11(15)10(7-13(9)17(8)2)12(16)3-4-14(18)19/h5-7,12H,3-4,16H2,1-2H3,(H,18,19). The summed E-state index contributed by atoms with van der Waals surface area (Å²) < 4.78 is 16.0. The molecule has 0 aliphatic carbocycles. The SMILES string of the molecule is Cc1cc2cc(F)c(C(N)CCC(=O)O)cc2n1C. The molecule has 0 bridgehead atoms. The van der Waals surface area contributed by atoms with Crippen LogP contribution in [0.4, 0.5) is 4.39 Å². The monoisotopic (exact) mass is 264 g/mol. The van der Waals surface area contributed by atoms with Gasteiger partial charge < -0.3 is 15.4 Å². The zero-order chi connectivity index (χ0) is 14.2. The summed E-state index contributed by atoms with van der Waals surface area (Å²) in [6.45, 7) is 1.95. The van der Waals surface area contributed by atoms with Gasteiger partial charge in [-0.2, -0.15) is 0 Å². The summed E-state index contributed by atoms with van der Waals surface area (Å²) in [5.41, 5.74) is 8.19. The Morgan fingerprint density at radius 3 is 2.79 bits per heavy atom. The van der Waals surface area contributed by atoms with Crippen LogP contribution in [0.5, 0.6) is 0 Å². The van der Waals surface area contributed by atoms with Gasteiger partial charge in [0.2, 0.25) is 0 Å². The Bertz CT molecular complexity index is 634. The molecule has 1 aromatic heterocycles. The zero-order valence-corrected chi connectivity index (χ0v) is 11.0. The Labute approximate surface area is 110 Å². The minimum absolute atomic E-state index is 0.0647. The summed E-state index contributed by atoms with van der Waals surface area (Å²) in [5, 5.41) is 9.47. The largest absolute Gasteiger partial charge is 0.481 e. The molecule has 3 N–H and O–H groups in total. The lowest BCUT2D eigenvalue weighted by molar-refractivity contribution is -0.137. The van der Waals surface area contributed by atoms with Crippen LogP contribution >= 0.6 is 0 Å². The Morgan fingerprint density at radius 1 is 1.47 bits per heavy atom. The first-order valence-electron chi connectivity index (χ1n) is 6.13. The fraction of sp³-hybridized carbons (Fsp3) is 0.357. The first-order valence-corrected chi connectivity index (χ1v) is 6.13. The van der Waals surface area contributed by atoms with Gasteiger partial charge in [-0.25, -0.2) is 4.39 Å². The van der Waals surface area contributed by atoms with Crippen molar-refractivity contribution in [1.29, 1.82) is 0 Å². The molecule has 0 saturated carbocycles. The third-order valence-corrected chi connectivity index (χ3v) is 3.47. The highest BCUT2D eigenvalue weighted by Crippen LogP contribution is 2.26. The number of carbonyl (C=O) groups is 1. The van der Waals surface area contributed by atoms with E-state index in [0.717, 1.165) is 16.6 Å². The van der Waals surface area contributed by atoms with Crippen molar-refractivity contribution >= 4 is 16.9 Å². The molecule has 0 amide bonds. The van der Waals surface area contributed by atoms with Crippen molar-refractivity contribution in [3.63, 3.8) is 0 Å². The van der Waals surface area contributed by atoms with E-state index in [-0.39, 0.29) is 18.7 Å². The maximum Gasteiger partial charge on any atom is 0.303 e. The second-order valence-corrected chi connectivity index (χ2v) is 4.82. The third-order valence-electron chi connectivity index (χ3n) is 3.47. The number of carboxylic acid groups (broad SMARTS) is 1. The number of carboxylic acids is 1. The molecular formula is C14H17FN2O2. The molecule has 1 atom stereocenters. The number of rotatable bonds is 4. The van der Waals surface area contributed by atoms with E-state index in [1.165, 1.54) is 6.07 Å². The van der Waals surface area contributed by atoms with E-state index >= 15 is 0 Å². The van der Waals surface area contributed by atoms with Crippen LogP contribution < -0.4 is 5.73 Å². The molecule has 0 aliphatic rings. The minimum Gasteiger partial charge on any atom is -0.481 e. The minimum atomic E-state index is -0.924. The van der Waals surface area contributed by atoms with Crippen LogP contribution in [0.25, 0.3) is 10.9 Å². The summed E-state index contributed by atoms with van der Waals surface area (Å²) in [5.74, 6) is -1.30. The molecule has 5 heteroatoms. The van der Waals surface area contributed by atoms with Gasteiger partial charge in [0.15, 0.2) is 0 Å². The molecule has 2 aromatic rings. The molecule has 0 spiro atoms. The smallest absolute Gasteiger partial charge is 0.303 e. The van der Waals surface area contributed by atoms with E-state index < -0.39 is 12.0 Å². The number of hydrogen-bond donors (Lipinski definition) is 2. The number of aliphatic carboxylic acids is 1. The van der Waals surface area contributed by atoms with Crippen LogP contribution in [0.1, 0.15) is 30.1 Å². The molecule has 1 heterocycles. The van der Waals surface area contributed by atoms with Crippen molar-refractivity contribution in [3.05, 3.63) is 35.3 Å². The van der Waals surface area contributed by atoms with Crippen LogP contribution in [0, 0.1) is 12.7 Å². The fourth-order valence-corrected chi connectivity index (χ4v) is 2.23. The summed E-state index contributed by atoms with van der Waals surface area (Å²) in [6.07, 6.45) is 0.159. The number of halogens is 1. The van der Waals surface area contributed by atoms with Crippen LogP contribution in [0.3, 0.4) is 0 Å². The Balaban J connectivity index is 2.39. The van der Waals surface area contributed by atoms with Crippen LogP contribution in [-0.4, -0.2) is 15.6 Å². The number of aromatic nitrogens is 1. The average Bonchev–Trinajstić information content (AvgIpc) is 2.60. The third kappa shape index (κ3) is 2.61. The second-order valence-electron chi connectivity index (χ2n) is 4.82. The lowest BCUT2D eigenvalue weighted by atomic mass is 10.0. The van der Waals surface area contributed by atoms with Crippen LogP contribution in [0.15, 0.2) is 18.2 Å². The topological polar surface area (TPSA) is 68.2 Å². The first kappa shape index (κ1) is 13.5. The van der Waals surface area contributed by atoms with E-state index in [9.17, 15) is 9.18 Å². The molecule has 2 rings (SSSR count). The molecule has 102 valence electrons. The number of fused-ring (bicyclic) bond motifs is 1. The normalized spacial score (nSPS) is 12.8. The highest BCUT2D eigenvalue weighted by molar-refractivity contribution is 5.82. The molecule has 0 aliphatic heterocycles. The number of aryl methyl sites for hydroxylation is 2. The van der Waals surface area contributed by atoms with E-state index in [1.807, 2.05) is 24.6 Å². The van der Waals surface area contributed by atoms with Gasteiger partial charge >= 0.3 is 5.97 Å². The highest BCUT2D eigenvalue weighted by Gasteiger charge is 2.15. The summed E-state index contributed by atoms with van der Waals surface area (Å²) in [4.78, 5) is 10.5. The Morgan fingerprint density at radius 2 is 2.16 bits per heavy atom. The predicted octanol–water partition coefficient (Wildman–Crippen LogP) is 2.49. The van der Waals surface area contributed by atoms with E-state index in [2.05, 4.69) is 0 Å². The van der Waals surface area contributed by atoms with Gasteiger partial charge in [0, 0.05) is 41.7 Å². The molecule has 0 saturated heterocycles. The van der Waals surface area contributed by atoms with Gasteiger partial charge in [0.05, 0.1) is 0 Å². The average molecular weight is 264 g/mol. The van der Waals surface area contributed by atoms with Gasteiger partial charge in [-0.1, -0.05) is 0 Å². The Hall–Kier alpha value is -1.88. The van der Waals surface area contributed by atoms with Crippen LogP contribution in [0.2, 0.25) is 0 Å². The second kappa shape index (κ2) is 5.01. The molecular weight excluding hydrogens is 247 g/mol. The van der Waals surface area contributed by atoms with Gasteiger partial charge in [-0.3, -0.25) is 4.79 Å². The molecule has 0 radical (unpaired) electrons. The maximum atomic E-state index is 14.0. The van der Waals surface area contributed by atoms with E-state index in [1.54, 1.807) is 6.07 Å². The number of nitrogens with zero attached hydrogens (tertiary/aromatic N) is 1. The van der Waals surface area contributed by atoms with Gasteiger partial charge in [-0.05, 0) is 31.5 Å². The molecule has 4 nitrogen and oxygen atoms in total. The van der Waals surface area contributed by atoms with Gasteiger partial charge in [0.1, 0.15) is 5.82 Å². The fourth-order valence-electron chi connectivity index (χ4n) is 2.23. The van der Waals surface area contributed by atoms with Crippen molar-refractivity contribution in [2.24, 2.45) is 12.8 Å². The van der Waals surface area contributed by atoms with Gasteiger partial charge in [-0.15, -0.1) is 0 Å². The predicted molar refractivity (Wildman–Crippen MR) is 71.4 cm³/mol. The van der Waals surface area contributed by atoms with Crippen molar-refractivity contribution in [2.45, 2.75) is 25.8 Å². The molecule has 1 unspecified atom stereocenters. The number of nitrogens with two attached hydrogens (primary N) is 1. The van der Waals surface area contributed by atoms with Crippen molar-refractivity contribution < 1.29 is 14.3 Å². The van der Waals surface area contributed by atoms with E-state index in [4.69, 9.17) is 10.8 Å². The lowest BCUT2D eigenvalue weighted by Crippen LogP contribution is -2.14. The molecule has 1 aromatic carbocycles. The molecule has 19 heavy (non-hydrogen) atoms. The van der Waals surface area contributed by atoms with E-state index in [0.29, 0.717) is 5.56 Å². The number of benzene rings is 1. The van der Waals surface area contributed by atoms with Gasteiger partial charge in [0.25, 0.3) is 0 Å². The number of hydrogen-bond acceptors (Lipinski definition) is 2. The maximum absolute atomic E-state index is 14.0. The summed E-state index contributed by atoms with van der Waals surface area (Å²) in [7, 11) is 1.90. The van der Waals surface area contributed by atoms with Crippen LogP contribution in [-0.2, 0) is 11.8 Å². The molecule has 0 fully saturated rings. The lowest BCUT2D eigenvalue weighted by Gasteiger charge is -2.12. The summed E-state index contributed by atoms with van der Waals surface area (Å²) in [6, 6.07) is 4.48.